The number of halogens is 2. The molecule has 0 fully saturated rings. The Hall–Kier alpha value is 0.0138. The normalized spacial score (nSPS) is 21.1. The van der Waals surface area contributed by atoms with E-state index in [1.54, 1.807) is 20.9 Å². The highest BCUT2D eigenvalue weighted by atomic mass is 79.9. The van der Waals surface area contributed by atoms with Crippen LogP contribution in [0.2, 0.25) is 24.2 Å². The van der Waals surface area contributed by atoms with Crippen molar-refractivity contribution in [1.29, 1.82) is 0 Å². The van der Waals surface area contributed by atoms with Crippen molar-refractivity contribution in [3.8, 4) is 20.9 Å². The van der Waals surface area contributed by atoms with Crippen molar-refractivity contribution in [2.75, 3.05) is 0 Å². The van der Waals surface area contributed by atoms with Gasteiger partial charge in [0.15, 0.2) is 0 Å². The fourth-order valence-electron chi connectivity index (χ4n) is 10.7. The lowest BCUT2D eigenvalue weighted by Gasteiger charge is -2.38. The highest BCUT2D eigenvalue weighted by molar-refractivity contribution is 9.11. The standard InChI is InChI=1S/C46H72Br2S2Si2/c1-9-17-21-33(13-5)29-51(30-34(14-6)22-18-10-2)39-25-38-40(26-37(39)45-41(51)27-43(47)49-45)52(31-35(15-7)23-19-11-3,32-36(16-8)24-20-12-4)42-28-44(48)50-46(38)42/h25-28,33-36H,9-24,29-32H2,1-8H3. The van der Waals surface area contributed by atoms with Gasteiger partial charge in [-0.05, 0) is 124 Å². The van der Waals surface area contributed by atoms with Gasteiger partial charge in [0.25, 0.3) is 0 Å². The molecule has 5 rings (SSSR count). The van der Waals surface area contributed by atoms with Crippen molar-refractivity contribution in [3.63, 3.8) is 0 Å². The lowest BCUT2D eigenvalue weighted by Crippen LogP contribution is -2.59. The molecular weight excluding hydrogens is 833 g/mol. The monoisotopic (exact) mass is 902 g/mol. The van der Waals surface area contributed by atoms with E-state index in [9.17, 15) is 0 Å². The third-order valence-corrected chi connectivity index (χ3v) is 28.4. The van der Waals surface area contributed by atoms with Gasteiger partial charge in [0.1, 0.15) is 16.1 Å². The molecule has 3 aromatic rings. The highest BCUT2D eigenvalue weighted by Gasteiger charge is 2.53. The first-order chi connectivity index (χ1) is 25.2. The van der Waals surface area contributed by atoms with E-state index in [1.807, 2.05) is 20.7 Å². The predicted octanol–water partition coefficient (Wildman–Crippen LogP) is 15.3. The Bertz CT molecular complexity index is 1420. The molecule has 2 aliphatic heterocycles. The number of rotatable bonds is 24. The molecule has 4 atom stereocenters. The highest BCUT2D eigenvalue weighted by Crippen LogP contribution is 2.48. The molecule has 0 radical (unpaired) electrons. The van der Waals surface area contributed by atoms with Crippen molar-refractivity contribution in [3.05, 3.63) is 31.8 Å². The smallest absolute Gasteiger partial charge is 0.121 e. The van der Waals surface area contributed by atoms with Gasteiger partial charge >= 0.3 is 0 Å². The maximum Gasteiger partial charge on any atom is 0.121 e. The third kappa shape index (κ3) is 8.93. The topological polar surface area (TPSA) is 0 Å². The summed E-state index contributed by atoms with van der Waals surface area (Å²) < 4.78 is 2.73. The molecule has 0 N–H and O–H groups in total. The van der Waals surface area contributed by atoms with Gasteiger partial charge in [-0.25, -0.2) is 0 Å². The van der Waals surface area contributed by atoms with Crippen molar-refractivity contribution in [2.45, 2.75) is 182 Å². The van der Waals surface area contributed by atoms with Gasteiger partial charge < -0.3 is 0 Å². The summed E-state index contributed by atoms with van der Waals surface area (Å²) in [7, 11) is -4.10. The Labute approximate surface area is 347 Å². The van der Waals surface area contributed by atoms with Crippen LogP contribution < -0.4 is 20.7 Å². The molecule has 0 nitrogen and oxygen atoms in total. The quantitative estimate of drug-likeness (QED) is 0.0786. The second kappa shape index (κ2) is 19.9. The molecule has 52 heavy (non-hydrogen) atoms. The average Bonchev–Trinajstić information content (AvgIpc) is 3.86. The fraction of sp³-hybridized carbons (Fsp3) is 0.696. The van der Waals surface area contributed by atoms with Gasteiger partial charge in [0.2, 0.25) is 0 Å². The fourth-order valence-corrected chi connectivity index (χ4v) is 28.9. The number of benzene rings is 1. The van der Waals surface area contributed by atoms with Gasteiger partial charge in [-0.1, -0.05) is 170 Å². The predicted molar refractivity (Wildman–Crippen MR) is 251 cm³/mol. The number of fused-ring (bicyclic) bond motifs is 6. The molecule has 6 heteroatoms. The molecule has 0 aliphatic carbocycles. The summed E-state index contributed by atoms with van der Waals surface area (Å²) in [6.07, 6.45) is 21.7. The van der Waals surface area contributed by atoms with E-state index < -0.39 is 16.1 Å². The van der Waals surface area contributed by atoms with Gasteiger partial charge in [0.05, 0.1) is 7.57 Å². The van der Waals surface area contributed by atoms with E-state index in [4.69, 9.17) is 0 Å². The van der Waals surface area contributed by atoms with Crippen LogP contribution in [-0.4, -0.2) is 16.1 Å². The minimum absolute atomic E-state index is 0.827. The molecule has 2 aromatic heterocycles. The minimum atomic E-state index is -2.05. The summed E-state index contributed by atoms with van der Waals surface area (Å²) >= 11 is 12.4. The first-order valence-electron chi connectivity index (χ1n) is 22.0. The zero-order valence-corrected chi connectivity index (χ0v) is 41.1. The van der Waals surface area contributed by atoms with E-state index in [-0.39, 0.29) is 0 Å². The van der Waals surface area contributed by atoms with Crippen LogP contribution in [0.15, 0.2) is 31.8 Å². The Morgan fingerprint density at radius 3 is 0.981 bits per heavy atom. The van der Waals surface area contributed by atoms with Crippen molar-refractivity contribution < 1.29 is 0 Å². The summed E-state index contributed by atoms with van der Waals surface area (Å²) in [5, 5.41) is 7.33. The first-order valence-corrected chi connectivity index (χ1v) is 30.0. The number of unbranched alkanes of at least 4 members (excludes halogenated alkanes) is 4. The molecule has 0 bridgehead atoms. The number of hydrogen-bond acceptors (Lipinski definition) is 2. The van der Waals surface area contributed by atoms with Crippen LogP contribution in [0.25, 0.3) is 20.9 Å². The Balaban J connectivity index is 1.78. The van der Waals surface area contributed by atoms with Crippen molar-refractivity contribution >= 4 is 91.4 Å². The maximum atomic E-state index is 4.10. The van der Waals surface area contributed by atoms with E-state index in [0.717, 1.165) is 23.7 Å². The molecule has 1 aromatic carbocycles. The summed E-state index contributed by atoms with van der Waals surface area (Å²) in [6.45, 7) is 19.6. The summed E-state index contributed by atoms with van der Waals surface area (Å²) in [5.74, 6) is 3.31. The second-order valence-corrected chi connectivity index (χ2v) is 30.2. The third-order valence-electron chi connectivity index (χ3n) is 13.8. The SMILES string of the molecule is CCCCC(CC)C[Si]1(CC(CC)CCCC)c2cc3c(cc2-c2sc(Br)cc21)[Si](CC(CC)CCCC)(CC(CC)CCCC)c1cc(Br)sc1-3. The lowest BCUT2D eigenvalue weighted by molar-refractivity contribution is 0.469. The van der Waals surface area contributed by atoms with Gasteiger partial charge in [-0.2, -0.15) is 0 Å². The molecule has 0 saturated carbocycles. The van der Waals surface area contributed by atoms with E-state index >= 15 is 0 Å². The Kier molecular flexibility index (Phi) is 16.5. The lowest BCUT2D eigenvalue weighted by atomic mass is 10.0. The Morgan fingerprint density at radius 2 is 0.731 bits per heavy atom. The number of thiophene rings is 2. The molecule has 0 amide bonds. The van der Waals surface area contributed by atoms with Crippen LogP contribution in [0.4, 0.5) is 0 Å². The molecule has 4 unspecified atom stereocenters. The molecule has 2 aliphatic rings. The van der Waals surface area contributed by atoms with Crippen LogP contribution in [0.3, 0.4) is 0 Å². The van der Waals surface area contributed by atoms with Crippen molar-refractivity contribution in [2.24, 2.45) is 23.7 Å². The van der Waals surface area contributed by atoms with E-state index in [1.165, 1.54) is 134 Å². The minimum Gasteiger partial charge on any atom is -0.128 e. The number of hydrogen-bond donors (Lipinski definition) is 0. The van der Waals surface area contributed by atoms with Crippen LogP contribution in [0.1, 0.15) is 158 Å². The summed E-state index contributed by atoms with van der Waals surface area (Å²) in [4.78, 5) is 3.34. The van der Waals surface area contributed by atoms with Crippen LogP contribution in [-0.2, 0) is 0 Å². The van der Waals surface area contributed by atoms with Crippen LogP contribution in [0, 0.1) is 23.7 Å². The van der Waals surface area contributed by atoms with Gasteiger partial charge in [0, 0.05) is 9.75 Å². The molecule has 4 heterocycles. The zero-order chi connectivity index (χ0) is 37.5. The van der Waals surface area contributed by atoms with E-state index in [2.05, 4.69) is 134 Å². The Morgan fingerprint density at radius 1 is 0.442 bits per heavy atom. The van der Waals surface area contributed by atoms with Gasteiger partial charge in [-0.3, -0.25) is 0 Å². The first kappa shape index (κ1) is 43.1. The molecular formula is C46H72Br2S2Si2. The second-order valence-electron chi connectivity index (χ2n) is 17.2. The summed E-state index contributed by atoms with van der Waals surface area (Å²) in [5.41, 5.74) is 3.39. The largest absolute Gasteiger partial charge is 0.128 e. The zero-order valence-electron chi connectivity index (χ0n) is 34.3. The molecule has 0 saturated heterocycles. The van der Waals surface area contributed by atoms with Crippen LogP contribution in [0.5, 0.6) is 0 Å². The van der Waals surface area contributed by atoms with Crippen molar-refractivity contribution in [1.82, 2.24) is 0 Å². The molecule has 290 valence electrons. The maximum absolute atomic E-state index is 4.10. The van der Waals surface area contributed by atoms with Gasteiger partial charge in [-0.15, -0.1) is 22.7 Å². The van der Waals surface area contributed by atoms with E-state index in [0.29, 0.717) is 0 Å². The van der Waals surface area contributed by atoms with Crippen LogP contribution >= 0.6 is 54.5 Å². The molecule has 0 spiro atoms. The average molecular weight is 905 g/mol. The summed E-state index contributed by atoms with van der Waals surface area (Å²) in [6, 6.07) is 16.9.